The molecule has 0 unspecified atom stereocenters. The Hall–Kier alpha value is -4.27. The topological polar surface area (TPSA) is 99.4 Å². The summed E-state index contributed by atoms with van der Waals surface area (Å²) in [7, 11) is 0. The number of hydrogen-bond donors (Lipinski definition) is 2. The molecule has 35 heavy (non-hydrogen) atoms. The van der Waals surface area contributed by atoms with Crippen LogP contribution in [0.15, 0.2) is 65.8 Å². The van der Waals surface area contributed by atoms with Crippen LogP contribution in [0.5, 0.6) is 5.75 Å². The highest BCUT2D eigenvalue weighted by molar-refractivity contribution is 5.97. The van der Waals surface area contributed by atoms with Crippen LogP contribution in [-0.4, -0.2) is 45.9 Å². The summed E-state index contributed by atoms with van der Waals surface area (Å²) in [6.07, 6.45) is 2.12. The molecular formula is C26H22F2N2O5. The van der Waals surface area contributed by atoms with Gasteiger partial charge in [0.25, 0.3) is 5.91 Å². The van der Waals surface area contributed by atoms with Crippen LogP contribution < -0.4 is 4.74 Å². The minimum absolute atomic E-state index is 0.163. The van der Waals surface area contributed by atoms with Gasteiger partial charge in [0, 0.05) is 17.7 Å². The summed E-state index contributed by atoms with van der Waals surface area (Å²) in [5.41, 5.74) is 2.25. The quantitative estimate of drug-likeness (QED) is 0.290. The highest BCUT2D eigenvalue weighted by atomic mass is 19.2. The average molecular weight is 480 g/mol. The van der Waals surface area contributed by atoms with Crippen molar-refractivity contribution in [1.82, 2.24) is 4.90 Å². The van der Waals surface area contributed by atoms with E-state index in [0.717, 1.165) is 23.9 Å². The first-order valence-corrected chi connectivity index (χ1v) is 10.9. The van der Waals surface area contributed by atoms with E-state index < -0.39 is 23.6 Å². The molecule has 3 aromatic rings. The third kappa shape index (κ3) is 5.29. The Morgan fingerprint density at radius 3 is 2.54 bits per heavy atom. The third-order valence-electron chi connectivity index (χ3n) is 5.83. The van der Waals surface area contributed by atoms with Gasteiger partial charge in [-0.1, -0.05) is 29.4 Å². The fourth-order valence-corrected chi connectivity index (χ4v) is 4.11. The second kappa shape index (κ2) is 10.3. The van der Waals surface area contributed by atoms with Gasteiger partial charge in [0.15, 0.2) is 11.6 Å². The summed E-state index contributed by atoms with van der Waals surface area (Å²) < 4.78 is 33.1. The number of ether oxygens (including phenoxy) is 1. The molecule has 180 valence electrons. The lowest BCUT2D eigenvalue weighted by Gasteiger charge is -2.21. The Morgan fingerprint density at radius 2 is 1.83 bits per heavy atom. The van der Waals surface area contributed by atoms with Crippen molar-refractivity contribution >= 4 is 18.1 Å². The second-order valence-corrected chi connectivity index (χ2v) is 8.11. The van der Waals surface area contributed by atoms with Crippen molar-refractivity contribution in [3.63, 3.8) is 0 Å². The summed E-state index contributed by atoms with van der Waals surface area (Å²) in [5, 5.41) is 21.1. The Morgan fingerprint density at radius 1 is 1.09 bits per heavy atom. The molecule has 1 atom stereocenters. The van der Waals surface area contributed by atoms with E-state index in [2.05, 4.69) is 5.16 Å². The van der Waals surface area contributed by atoms with Crippen molar-refractivity contribution in [3.05, 3.63) is 89.0 Å². The molecule has 4 rings (SSSR count). The zero-order valence-electron chi connectivity index (χ0n) is 18.5. The first-order valence-electron chi connectivity index (χ1n) is 10.9. The lowest BCUT2D eigenvalue weighted by atomic mass is 9.99. The van der Waals surface area contributed by atoms with Crippen molar-refractivity contribution in [2.75, 3.05) is 6.54 Å². The number of oxime groups is 1. The van der Waals surface area contributed by atoms with Crippen LogP contribution >= 0.6 is 0 Å². The maximum Gasteiger partial charge on any atom is 0.326 e. The number of carboxylic acid groups (broad SMARTS) is 1. The first-order chi connectivity index (χ1) is 16.9. The van der Waals surface area contributed by atoms with Crippen LogP contribution in [0.4, 0.5) is 8.78 Å². The van der Waals surface area contributed by atoms with E-state index in [9.17, 15) is 23.5 Å². The number of amides is 1. The third-order valence-corrected chi connectivity index (χ3v) is 5.83. The molecule has 7 nitrogen and oxygen atoms in total. The summed E-state index contributed by atoms with van der Waals surface area (Å²) in [5.74, 6) is -2.88. The van der Waals surface area contributed by atoms with E-state index in [0.29, 0.717) is 41.8 Å². The van der Waals surface area contributed by atoms with Crippen molar-refractivity contribution in [3.8, 4) is 16.9 Å². The van der Waals surface area contributed by atoms with Gasteiger partial charge in [-0.15, -0.1) is 0 Å². The minimum Gasteiger partial charge on any atom is -0.489 e. The number of carbonyl (C=O) groups excluding carboxylic acids is 1. The minimum atomic E-state index is -1.05. The number of rotatable bonds is 7. The number of carboxylic acids is 1. The van der Waals surface area contributed by atoms with E-state index in [-0.39, 0.29) is 18.1 Å². The standard InChI is InChI=1S/C26H22F2N2O5/c27-22-12-19(14-29-34)21(13-23(22)28)17-6-8-20(9-7-17)35-15-16-3-1-4-18(11-16)25(31)30-10-2-5-24(30)26(32)33/h1,3-4,6-9,11-14,24,34H,2,5,10,15H2,(H,32,33)/t24-/m0/s1. The molecule has 0 radical (unpaired) electrons. The number of aliphatic carboxylic acids is 1. The van der Waals surface area contributed by atoms with Gasteiger partial charge < -0.3 is 20.0 Å². The molecule has 1 aliphatic heterocycles. The van der Waals surface area contributed by atoms with E-state index >= 15 is 0 Å². The molecule has 3 aromatic carbocycles. The van der Waals surface area contributed by atoms with Crippen molar-refractivity contribution in [2.45, 2.75) is 25.5 Å². The zero-order valence-corrected chi connectivity index (χ0v) is 18.5. The maximum absolute atomic E-state index is 13.8. The Kier molecular flexibility index (Phi) is 7.05. The molecule has 1 aliphatic rings. The summed E-state index contributed by atoms with van der Waals surface area (Å²) in [6.45, 7) is 0.573. The Labute approximate surface area is 199 Å². The number of nitrogens with zero attached hydrogens (tertiary/aromatic N) is 2. The number of likely N-dealkylation sites (tertiary alicyclic amines) is 1. The molecule has 2 N–H and O–H groups in total. The summed E-state index contributed by atoms with van der Waals surface area (Å²) >= 11 is 0. The molecule has 1 saturated heterocycles. The van der Waals surface area contributed by atoms with Crippen LogP contribution in [0.1, 0.15) is 34.3 Å². The van der Waals surface area contributed by atoms with E-state index in [1.807, 2.05) is 0 Å². The molecule has 0 aliphatic carbocycles. The predicted molar refractivity (Wildman–Crippen MR) is 124 cm³/mol. The number of halogens is 2. The number of benzene rings is 3. The molecule has 0 spiro atoms. The lowest BCUT2D eigenvalue weighted by molar-refractivity contribution is -0.141. The molecule has 0 bridgehead atoms. The molecular weight excluding hydrogens is 458 g/mol. The van der Waals surface area contributed by atoms with E-state index in [1.165, 1.54) is 4.90 Å². The van der Waals surface area contributed by atoms with E-state index in [1.54, 1.807) is 48.5 Å². The van der Waals surface area contributed by atoms with Crippen molar-refractivity contribution < 1.29 is 33.4 Å². The molecule has 1 amide bonds. The smallest absolute Gasteiger partial charge is 0.326 e. The lowest BCUT2D eigenvalue weighted by Crippen LogP contribution is -2.40. The summed E-state index contributed by atoms with van der Waals surface area (Å²) in [6, 6.07) is 14.7. The molecule has 1 fully saturated rings. The van der Waals surface area contributed by atoms with Crippen molar-refractivity contribution in [1.29, 1.82) is 0 Å². The van der Waals surface area contributed by atoms with Gasteiger partial charge in [0.2, 0.25) is 0 Å². The monoisotopic (exact) mass is 480 g/mol. The van der Waals surface area contributed by atoms with Gasteiger partial charge in [0.05, 0.1) is 6.21 Å². The van der Waals surface area contributed by atoms with Crippen LogP contribution in [0.25, 0.3) is 11.1 Å². The molecule has 0 saturated carbocycles. The van der Waals surface area contributed by atoms with Crippen LogP contribution in [0.3, 0.4) is 0 Å². The molecule has 0 aromatic heterocycles. The van der Waals surface area contributed by atoms with Crippen LogP contribution in [-0.2, 0) is 11.4 Å². The van der Waals surface area contributed by atoms with Gasteiger partial charge in [-0.25, -0.2) is 13.6 Å². The van der Waals surface area contributed by atoms with E-state index in [4.69, 9.17) is 9.94 Å². The van der Waals surface area contributed by atoms with Crippen molar-refractivity contribution in [2.24, 2.45) is 5.16 Å². The Bertz CT molecular complexity index is 1280. The van der Waals surface area contributed by atoms with Gasteiger partial charge in [0.1, 0.15) is 18.4 Å². The SMILES string of the molecule is O=C(O)[C@@H]1CCCN1C(=O)c1cccc(COc2ccc(-c3cc(F)c(F)cc3C=NO)cc2)c1. The van der Waals surface area contributed by atoms with Crippen LogP contribution in [0.2, 0.25) is 0 Å². The number of carbonyl (C=O) groups is 2. The average Bonchev–Trinajstić information content (AvgIpc) is 3.36. The maximum atomic E-state index is 13.8. The highest BCUT2D eigenvalue weighted by Crippen LogP contribution is 2.28. The fraction of sp³-hybridized carbons (Fsp3) is 0.192. The Balaban J connectivity index is 1.46. The fourth-order valence-electron chi connectivity index (χ4n) is 4.11. The largest absolute Gasteiger partial charge is 0.489 e. The number of hydrogen-bond acceptors (Lipinski definition) is 5. The zero-order chi connectivity index (χ0) is 24.9. The van der Waals surface area contributed by atoms with Gasteiger partial charge in [-0.05, 0) is 65.9 Å². The highest BCUT2D eigenvalue weighted by Gasteiger charge is 2.34. The van der Waals surface area contributed by atoms with Crippen LogP contribution in [0, 0.1) is 11.6 Å². The predicted octanol–water partition coefficient (Wildman–Crippen LogP) is 4.71. The normalized spacial score (nSPS) is 15.5. The molecule has 1 heterocycles. The second-order valence-electron chi connectivity index (χ2n) is 8.11. The first kappa shape index (κ1) is 23.9. The van der Waals surface area contributed by atoms with Gasteiger partial charge >= 0.3 is 5.97 Å². The van der Waals surface area contributed by atoms with Gasteiger partial charge in [-0.3, -0.25) is 4.79 Å². The summed E-state index contributed by atoms with van der Waals surface area (Å²) in [4.78, 5) is 25.6. The van der Waals surface area contributed by atoms with Gasteiger partial charge in [-0.2, -0.15) is 0 Å². The molecule has 9 heteroatoms.